The third-order valence-corrected chi connectivity index (χ3v) is 3.30. The Morgan fingerprint density at radius 2 is 2.24 bits per heavy atom. The standard InChI is InChI=1S/C12H15ClN2O2/c1-7-3-8(2)15(6-7)11-5-9(12(16)17)4-10(13)14-11/h4-5,7-8H,3,6H2,1-2H3,(H,16,17). The van der Waals surface area contributed by atoms with Gasteiger partial charge in [0.1, 0.15) is 11.0 Å². The second-order valence-corrected chi connectivity index (χ2v) is 5.07. The summed E-state index contributed by atoms with van der Waals surface area (Å²) in [5.41, 5.74) is 0.187. The molecule has 2 heterocycles. The second kappa shape index (κ2) is 4.53. The highest BCUT2D eigenvalue weighted by atomic mass is 35.5. The number of pyridine rings is 1. The highest BCUT2D eigenvalue weighted by Crippen LogP contribution is 2.29. The molecule has 1 aromatic rings. The molecule has 0 amide bonds. The van der Waals surface area contributed by atoms with Crippen LogP contribution in [0.4, 0.5) is 5.82 Å². The minimum Gasteiger partial charge on any atom is -0.478 e. The normalized spacial score (nSPS) is 24.1. The van der Waals surface area contributed by atoms with Crippen LogP contribution in [0.15, 0.2) is 12.1 Å². The van der Waals surface area contributed by atoms with Gasteiger partial charge in [-0.2, -0.15) is 0 Å². The lowest BCUT2D eigenvalue weighted by atomic mass is 10.1. The molecule has 1 N–H and O–H groups in total. The molecule has 1 aliphatic heterocycles. The molecule has 0 spiro atoms. The fourth-order valence-electron chi connectivity index (χ4n) is 2.37. The van der Waals surface area contributed by atoms with Crippen LogP contribution < -0.4 is 4.90 Å². The molecular formula is C12H15ClN2O2. The number of aromatic carboxylic acids is 1. The predicted molar refractivity (Wildman–Crippen MR) is 66.8 cm³/mol. The van der Waals surface area contributed by atoms with Gasteiger partial charge in [0.25, 0.3) is 0 Å². The van der Waals surface area contributed by atoms with Gasteiger partial charge < -0.3 is 10.0 Å². The number of nitrogens with zero attached hydrogens (tertiary/aromatic N) is 2. The minimum atomic E-state index is -0.976. The molecule has 1 fully saturated rings. The largest absolute Gasteiger partial charge is 0.478 e. The fraction of sp³-hybridized carbons (Fsp3) is 0.500. The molecule has 0 aliphatic carbocycles. The van der Waals surface area contributed by atoms with E-state index in [1.807, 2.05) is 0 Å². The van der Waals surface area contributed by atoms with Crippen molar-refractivity contribution in [1.29, 1.82) is 0 Å². The van der Waals surface area contributed by atoms with Crippen molar-refractivity contribution in [2.24, 2.45) is 5.92 Å². The van der Waals surface area contributed by atoms with Gasteiger partial charge in [-0.05, 0) is 31.4 Å². The number of anilines is 1. The first kappa shape index (κ1) is 12.2. The highest BCUT2D eigenvalue weighted by Gasteiger charge is 2.27. The number of hydrogen-bond donors (Lipinski definition) is 1. The summed E-state index contributed by atoms with van der Waals surface area (Å²) in [4.78, 5) is 17.3. The van der Waals surface area contributed by atoms with Crippen molar-refractivity contribution in [3.8, 4) is 0 Å². The number of aromatic nitrogens is 1. The summed E-state index contributed by atoms with van der Waals surface area (Å²) in [6.45, 7) is 5.19. The SMILES string of the molecule is CC1CC(C)N(c2cc(C(=O)O)cc(Cl)n2)C1. The molecule has 1 saturated heterocycles. The second-order valence-electron chi connectivity index (χ2n) is 4.68. The molecule has 4 nitrogen and oxygen atoms in total. The first-order valence-electron chi connectivity index (χ1n) is 5.65. The van der Waals surface area contributed by atoms with Gasteiger partial charge in [-0.15, -0.1) is 0 Å². The Morgan fingerprint density at radius 1 is 1.53 bits per heavy atom. The molecular weight excluding hydrogens is 240 g/mol. The molecule has 0 aromatic carbocycles. The van der Waals surface area contributed by atoms with Crippen molar-refractivity contribution in [3.05, 3.63) is 22.8 Å². The van der Waals surface area contributed by atoms with Gasteiger partial charge in [0.05, 0.1) is 5.56 Å². The summed E-state index contributed by atoms with van der Waals surface area (Å²) in [5.74, 6) is 0.279. The quantitative estimate of drug-likeness (QED) is 0.825. The van der Waals surface area contributed by atoms with E-state index in [9.17, 15) is 4.79 Å². The van der Waals surface area contributed by atoms with Gasteiger partial charge in [0, 0.05) is 12.6 Å². The van der Waals surface area contributed by atoms with Crippen molar-refractivity contribution in [3.63, 3.8) is 0 Å². The summed E-state index contributed by atoms with van der Waals surface area (Å²) >= 11 is 5.86. The Morgan fingerprint density at radius 3 is 2.76 bits per heavy atom. The average molecular weight is 255 g/mol. The average Bonchev–Trinajstić information content (AvgIpc) is 2.57. The van der Waals surface area contributed by atoms with Crippen molar-refractivity contribution in [1.82, 2.24) is 4.98 Å². The van der Waals surface area contributed by atoms with E-state index in [2.05, 4.69) is 23.7 Å². The van der Waals surface area contributed by atoms with Crippen LogP contribution in [0.3, 0.4) is 0 Å². The van der Waals surface area contributed by atoms with E-state index in [4.69, 9.17) is 16.7 Å². The van der Waals surface area contributed by atoms with Crippen LogP contribution in [-0.4, -0.2) is 28.6 Å². The maximum atomic E-state index is 11.0. The molecule has 5 heteroatoms. The van der Waals surface area contributed by atoms with Crippen molar-refractivity contribution in [2.75, 3.05) is 11.4 Å². The first-order valence-corrected chi connectivity index (χ1v) is 6.02. The Bertz CT molecular complexity index is 450. The number of carbonyl (C=O) groups is 1. The summed E-state index contributed by atoms with van der Waals surface area (Å²) in [5, 5.41) is 9.22. The predicted octanol–water partition coefficient (Wildman–Crippen LogP) is 2.67. The van der Waals surface area contributed by atoms with Gasteiger partial charge in [0.2, 0.25) is 0 Å². The Balaban J connectivity index is 2.35. The van der Waals surface area contributed by atoms with Gasteiger partial charge in [0.15, 0.2) is 0 Å². The Labute approximate surface area is 105 Å². The number of rotatable bonds is 2. The van der Waals surface area contributed by atoms with Gasteiger partial charge >= 0.3 is 5.97 Å². The number of hydrogen-bond acceptors (Lipinski definition) is 3. The Kier molecular flexibility index (Phi) is 3.24. The lowest BCUT2D eigenvalue weighted by molar-refractivity contribution is 0.0697. The summed E-state index contributed by atoms with van der Waals surface area (Å²) in [6, 6.07) is 3.33. The zero-order valence-electron chi connectivity index (χ0n) is 9.85. The maximum Gasteiger partial charge on any atom is 0.335 e. The van der Waals surface area contributed by atoms with E-state index in [0.717, 1.165) is 13.0 Å². The first-order chi connectivity index (χ1) is 7.97. The van der Waals surface area contributed by atoms with Gasteiger partial charge in [-0.3, -0.25) is 0 Å². The van der Waals surface area contributed by atoms with Crippen LogP contribution in [-0.2, 0) is 0 Å². The van der Waals surface area contributed by atoms with Crippen molar-refractivity contribution < 1.29 is 9.90 Å². The smallest absolute Gasteiger partial charge is 0.335 e. The number of halogens is 1. The molecule has 92 valence electrons. The summed E-state index contributed by atoms with van der Waals surface area (Å²) in [6.07, 6.45) is 1.09. The van der Waals surface area contributed by atoms with Crippen molar-refractivity contribution >= 4 is 23.4 Å². The lowest BCUT2D eigenvalue weighted by Gasteiger charge is -2.23. The van der Waals surface area contributed by atoms with Gasteiger partial charge in [-0.25, -0.2) is 9.78 Å². The minimum absolute atomic E-state index is 0.187. The van der Waals surface area contributed by atoms with E-state index >= 15 is 0 Å². The third-order valence-electron chi connectivity index (χ3n) is 3.11. The van der Waals surface area contributed by atoms with E-state index in [-0.39, 0.29) is 10.7 Å². The van der Waals surface area contributed by atoms with Crippen LogP contribution in [0.5, 0.6) is 0 Å². The number of carboxylic acid groups (broad SMARTS) is 1. The third kappa shape index (κ3) is 2.52. The molecule has 1 aliphatic rings. The highest BCUT2D eigenvalue weighted by molar-refractivity contribution is 6.29. The monoisotopic (exact) mass is 254 g/mol. The van der Waals surface area contributed by atoms with Crippen LogP contribution >= 0.6 is 11.6 Å². The molecule has 17 heavy (non-hydrogen) atoms. The van der Waals surface area contributed by atoms with Crippen LogP contribution in [0.2, 0.25) is 5.15 Å². The zero-order chi connectivity index (χ0) is 12.6. The zero-order valence-corrected chi connectivity index (χ0v) is 10.6. The van der Waals surface area contributed by atoms with Crippen molar-refractivity contribution in [2.45, 2.75) is 26.3 Å². The van der Waals surface area contributed by atoms with E-state index in [0.29, 0.717) is 17.8 Å². The molecule has 2 rings (SSSR count). The van der Waals surface area contributed by atoms with E-state index in [1.54, 1.807) is 6.07 Å². The molecule has 0 radical (unpaired) electrons. The van der Waals surface area contributed by atoms with E-state index < -0.39 is 5.97 Å². The molecule has 2 atom stereocenters. The maximum absolute atomic E-state index is 11.0. The lowest BCUT2D eigenvalue weighted by Crippen LogP contribution is -2.27. The molecule has 0 bridgehead atoms. The molecule has 2 unspecified atom stereocenters. The number of carboxylic acids is 1. The van der Waals surface area contributed by atoms with Crippen LogP contribution in [0.1, 0.15) is 30.6 Å². The topological polar surface area (TPSA) is 53.4 Å². The van der Waals surface area contributed by atoms with E-state index in [1.165, 1.54) is 6.07 Å². The molecule has 0 saturated carbocycles. The van der Waals surface area contributed by atoms with Gasteiger partial charge in [-0.1, -0.05) is 18.5 Å². The van der Waals surface area contributed by atoms with Crippen LogP contribution in [0, 0.1) is 5.92 Å². The molecule has 1 aromatic heterocycles. The fourth-order valence-corrected chi connectivity index (χ4v) is 2.58. The summed E-state index contributed by atoms with van der Waals surface area (Å²) in [7, 11) is 0. The summed E-state index contributed by atoms with van der Waals surface area (Å²) < 4.78 is 0. The van der Waals surface area contributed by atoms with Crippen LogP contribution in [0.25, 0.3) is 0 Å². The Hall–Kier alpha value is -1.29.